The molecule has 3 nitrogen and oxygen atoms in total. The molecular formula is C13H12BrClNO2Y-. The van der Waals surface area contributed by atoms with Crippen LogP contribution in [0.25, 0.3) is 5.70 Å². The zero-order chi connectivity index (χ0) is 13.3. The summed E-state index contributed by atoms with van der Waals surface area (Å²) in [6.45, 7) is 0. The monoisotopic (exact) mass is 417 g/mol. The number of nitrogens with zero attached hydrogens (tertiary/aromatic N) is 1. The maximum atomic E-state index is 11.8. The second-order valence-corrected chi connectivity index (χ2v) is 5.32. The summed E-state index contributed by atoms with van der Waals surface area (Å²) in [5.74, 6) is 0.652. The molecule has 2 rings (SSSR count). The first-order valence-electron chi connectivity index (χ1n) is 5.41. The third-order valence-corrected chi connectivity index (χ3v) is 3.81. The van der Waals surface area contributed by atoms with Crippen LogP contribution in [0.4, 0.5) is 0 Å². The molecule has 0 aromatic heterocycles. The van der Waals surface area contributed by atoms with Gasteiger partial charge in [-0.1, -0.05) is 26.8 Å². The number of carbonyl (C=O) groups excluding carboxylic acids is 1. The Morgan fingerprint density at radius 1 is 1.53 bits per heavy atom. The van der Waals surface area contributed by atoms with Gasteiger partial charge in [-0.25, -0.2) is 6.08 Å². The minimum atomic E-state index is -0.518. The van der Waals surface area contributed by atoms with Gasteiger partial charge in [0.05, 0.1) is 7.11 Å². The van der Waals surface area contributed by atoms with E-state index in [-0.39, 0.29) is 38.6 Å². The van der Waals surface area contributed by atoms with Crippen molar-refractivity contribution in [3.05, 3.63) is 34.3 Å². The third-order valence-electron chi connectivity index (χ3n) is 2.81. The topological polar surface area (TPSA) is 29.5 Å². The van der Waals surface area contributed by atoms with Crippen LogP contribution in [0.15, 0.2) is 22.7 Å². The minimum Gasteiger partial charge on any atom is -0.497 e. The number of hydrogen-bond donors (Lipinski definition) is 0. The molecule has 1 heterocycles. The molecular weight excluding hydrogens is 406 g/mol. The van der Waals surface area contributed by atoms with Crippen LogP contribution in [0.5, 0.6) is 5.75 Å². The van der Waals surface area contributed by atoms with Crippen LogP contribution in [-0.4, -0.2) is 30.3 Å². The number of alkyl halides is 1. The number of halogens is 2. The van der Waals surface area contributed by atoms with Crippen LogP contribution >= 0.6 is 27.5 Å². The van der Waals surface area contributed by atoms with E-state index in [1.54, 1.807) is 14.2 Å². The Bertz CT molecular complexity index is 521. The average molecular weight is 419 g/mol. The fourth-order valence-corrected chi connectivity index (χ4v) is 2.57. The minimum absolute atomic E-state index is 0. The fraction of sp³-hybridized carbons (Fsp3) is 0.308. The van der Waals surface area contributed by atoms with Gasteiger partial charge in [-0.05, 0) is 12.1 Å². The van der Waals surface area contributed by atoms with Gasteiger partial charge in [0.1, 0.15) is 11.1 Å². The summed E-state index contributed by atoms with van der Waals surface area (Å²) < 4.78 is 6.00. The Labute approximate surface area is 151 Å². The molecule has 0 aliphatic carbocycles. The standard InChI is InChI=1S/C13H12BrClNO2.Y/c1-16-12(6-5-11(15)13(16)17)9-4-3-8(18-2)7-10(9)14;/h3-4,7,11H,5H2,1-2H3;/q-1;. The first-order valence-corrected chi connectivity index (χ1v) is 6.64. The van der Waals surface area contributed by atoms with E-state index in [1.165, 1.54) is 4.90 Å². The van der Waals surface area contributed by atoms with Crippen LogP contribution in [0.3, 0.4) is 0 Å². The van der Waals surface area contributed by atoms with E-state index in [2.05, 4.69) is 22.0 Å². The van der Waals surface area contributed by atoms with Crippen molar-refractivity contribution in [1.82, 2.24) is 4.90 Å². The molecule has 1 atom stereocenters. The van der Waals surface area contributed by atoms with Crippen molar-refractivity contribution in [3.63, 3.8) is 0 Å². The smallest absolute Gasteiger partial charge is 0.240 e. The molecule has 1 unspecified atom stereocenters. The van der Waals surface area contributed by atoms with Gasteiger partial charge in [0, 0.05) is 39.8 Å². The molecule has 0 N–H and O–H groups in total. The zero-order valence-electron chi connectivity index (χ0n) is 10.6. The van der Waals surface area contributed by atoms with Crippen LogP contribution < -0.4 is 4.74 Å². The molecule has 1 radical (unpaired) electrons. The van der Waals surface area contributed by atoms with Gasteiger partial charge >= 0.3 is 0 Å². The van der Waals surface area contributed by atoms with Crippen molar-refractivity contribution < 1.29 is 42.2 Å². The molecule has 0 spiro atoms. The van der Waals surface area contributed by atoms with Gasteiger partial charge in [0.15, 0.2) is 0 Å². The Kier molecular flexibility index (Phi) is 6.51. The maximum Gasteiger partial charge on any atom is 0.240 e. The van der Waals surface area contributed by atoms with Crippen molar-refractivity contribution in [2.75, 3.05) is 14.2 Å². The summed E-state index contributed by atoms with van der Waals surface area (Å²) in [4.78, 5) is 13.4. The Morgan fingerprint density at radius 3 is 2.79 bits per heavy atom. The molecule has 1 amide bonds. The van der Waals surface area contributed by atoms with E-state index >= 15 is 0 Å². The summed E-state index contributed by atoms with van der Waals surface area (Å²) in [5, 5.41) is -0.518. The Morgan fingerprint density at radius 2 is 2.21 bits per heavy atom. The molecule has 0 fully saturated rings. The van der Waals surface area contributed by atoms with E-state index in [4.69, 9.17) is 16.3 Å². The summed E-state index contributed by atoms with van der Waals surface area (Å²) in [6, 6.07) is 5.60. The number of carbonyl (C=O) groups is 1. The van der Waals surface area contributed by atoms with Crippen molar-refractivity contribution in [3.8, 4) is 5.75 Å². The van der Waals surface area contributed by atoms with Crippen molar-refractivity contribution >= 4 is 39.1 Å². The molecule has 6 heteroatoms. The van der Waals surface area contributed by atoms with Crippen molar-refractivity contribution in [1.29, 1.82) is 0 Å². The first-order chi connectivity index (χ1) is 8.54. The Hall–Kier alpha value is 0.104. The summed E-state index contributed by atoms with van der Waals surface area (Å²) in [6.07, 6.45) is 3.59. The summed E-state index contributed by atoms with van der Waals surface area (Å²) in [5.41, 5.74) is 1.64. The van der Waals surface area contributed by atoms with Crippen LogP contribution in [0.1, 0.15) is 12.0 Å². The number of rotatable bonds is 2. The number of amides is 1. The number of methoxy groups -OCH3 is 1. The molecule has 1 aliphatic heterocycles. The molecule has 1 aromatic rings. The maximum absolute atomic E-state index is 11.8. The van der Waals surface area contributed by atoms with E-state index < -0.39 is 5.38 Å². The number of allylic oxidation sites excluding steroid dienone is 1. The van der Waals surface area contributed by atoms with E-state index in [0.29, 0.717) is 6.42 Å². The second kappa shape index (κ2) is 7.21. The van der Waals surface area contributed by atoms with Gasteiger partial charge in [-0.3, -0.25) is 4.79 Å². The molecule has 1 aliphatic rings. The largest absolute Gasteiger partial charge is 0.497 e. The van der Waals surface area contributed by atoms with Crippen molar-refractivity contribution in [2.24, 2.45) is 0 Å². The number of ether oxygens (including phenoxy) is 1. The van der Waals surface area contributed by atoms with Crippen LogP contribution in [0.2, 0.25) is 0 Å². The predicted octanol–water partition coefficient (Wildman–Crippen LogP) is 3.07. The number of hydrogen-bond acceptors (Lipinski definition) is 2. The summed E-state index contributed by atoms with van der Waals surface area (Å²) in [7, 11) is 3.32. The third kappa shape index (κ3) is 3.60. The van der Waals surface area contributed by atoms with Gasteiger partial charge < -0.3 is 9.64 Å². The van der Waals surface area contributed by atoms with Gasteiger partial charge in [0.25, 0.3) is 0 Å². The Balaban J connectivity index is 0.00000180. The van der Waals surface area contributed by atoms with Gasteiger partial charge in [-0.15, -0.1) is 28.9 Å². The average Bonchev–Trinajstić information content (AvgIpc) is 2.37. The molecule has 1 aromatic carbocycles. The second-order valence-electron chi connectivity index (χ2n) is 3.94. The predicted molar refractivity (Wildman–Crippen MR) is 74.4 cm³/mol. The molecule has 0 bridgehead atoms. The molecule has 19 heavy (non-hydrogen) atoms. The zero-order valence-corrected chi connectivity index (χ0v) is 15.8. The van der Waals surface area contributed by atoms with E-state index in [1.807, 2.05) is 18.2 Å². The first kappa shape index (κ1) is 17.2. The van der Waals surface area contributed by atoms with Crippen molar-refractivity contribution in [2.45, 2.75) is 11.8 Å². The van der Waals surface area contributed by atoms with E-state index in [0.717, 1.165) is 21.5 Å². The molecule has 0 saturated heterocycles. The summed E-state index contributed by atoms with van der Waals surface area (Å²) >= 11 is 9.38. The normalized spacial score (nSPS) is 18.7. The van der Waals surface area contributed by atoms with E-state index in [9.17, 15) is 4.79 Å². The molecule has 99 valence electrons. The van der Waals surface area contributed by atoms with Crippen LogP contribution in [0, 0.1) is 6.08 Å². The van der Waals surface area contributed by atoms with Crippen LogP contribution in [-0.2, 0) is 37.5 Å². The quantitative estimate of drug-likeness (QED) is 0.546. The van der Waals surface area contributed by atoms with Gasteiger partial charge in [0.2, 0.25) is 5.91 Å². The SMILES string of the molecule is COc1ccc(C2=[C-]CC(Cl)C(=O)N2C)c(Br)c1.[Y]. The number of benzene rings is 1. The molecule has 0 saturated carbocycles. The fourth-order valence-electron chi connectivity index (χ4n) is 1.80. The van der Waals surface area contributed by atoms with Gasteiger partial charge in [-0.2, -0.15) is 0 Å².